The van der Waals surface area contributed by atoms with Crippen LogP contribution in [-0.4, -0.2) is 23.6 Å². The van der Waals surface area contributed by atoms with E-state index >= 15 is 0 Å². The number of nitrogens with two attached hydrogens (primary N) is 1. The van der Waals surface area contributed by atoms with Crippen molar-refractivity contribution in [3.8, 4) is 0 Å². The van der Waals surface area contributed by atoms with Crippen LogP contribution >= 0.6 is 0 Å². The third kappa shape index (κ3) is 2.65. The molecule has 0 saturated carbocycles. The van der Waals surface area contributed by atoms with Gasteiger partial charge in [-0.05, 0) is 31.0 Å². The minimum atomic E-state index is -0.629. The lowest BCUT2D eigenvalue weighted by Gasteiger charge is -2.12. The zero-order valence-electron chi connectivity index (χ0n) is 10.3. The molecule has 0 amide bonds. The lowest BCUT2D eigenvalue weighted by atomic mass is 10.0. The first-order chi connectivity index (χ1) is 8.72. The number of fused-ring (bicyclic) bond motifs is 1. The van der Waals surface area contributed by atoms with Crippen LogP contribution in [0, 0.1) is 0 Å². The number of pyridine rings is 1. The Morgan fingerprint density at radius 1 is 1.39 bits per heavy atom. The Hall–Kier alpha value is -1.94. The van der Waals surface area contributed by atoms with Gasteiger partial charge in [-0.25, -0.2) is 0 Å². The Balaban J connectivity index is 2.24. The number of hydrogen-bond acceptors (Lipinski definition) is 4. The van der Waals surface area contributed by atoms with E-state index in [4.69, 9.17) is 10.5 Å². The third-order valence-corrected chi connectivity index (χ3v) is 2.77. The molecule has 0 spiro atoms. The summed E-state index contributed by atoms with van der Waals surface area (Å²) >= 11 is 0. The van der Waals surface area contributed by atoms with E-state index in [1.165, 1.54) is 0 Å². The number of esters is 1. The topological polar surface area (TPSA) is 65.2 Å². The van der Waals surface area contributed by atoms with E-state index < -0.39 is 6.04 Å². The standard InChI is InChI=1S/C14H16N2O2/c1-2-18-14(17)12(15)9-10-7-8-16-13-6-4-3-5-11(10)13/h3-8,12H,2,9,15H2,1H3/t12-/m0/s1. The maximum atomic E-state index is 11.5. The highest BCUT2D eigenvalue weighted by Gasteiger charge is 2.16. The molecule has 0 bridgehead atoms. The number of benzene rings is 1. The van der Waals surface area contributed by atoms with Crippen molar-refractivity contribution >= 4 is 16.9 Å². The quantitative estimate of drug-likeness (QED) is 0.831. The number of carbonyl (C=O) groups is 1. The van der Waals surface area contributed by atoms with E-state index in [2.05, 4.69) is 4.98 Å². The van der Waals surface area contributed by atoms with Gasteiger partial charge in [0.15, 0.2) is 0 Å². The molecule has 0 saturated heterocycles. The number of ether oxygens (including phenoxy) is 1. The Kier molecular flexibility index (Phi) is 3.89. The van der Waals surface area contributed by atoms with E-state index in [9.17, 15) is 4.79 Å². The second-order valence-electron chi connectivity index (χ2n) is 4.05. The molecule has 2 N–H and O–H groups in total. The highest BCUT2D eigenvalue weighted by atomic mass is 16.5. The van der Waals surface area contributed by atoms with Crippen LogP contribution < -0.4 is 5.73 Å². The Bertz CT molecular complexity index is 549. The van der Waals surface area contributed by atoms with E-state index in [-0.39, 0.29) is 5.97 Å². The molecule has 1 aromatic carbocycles. The van der Waals surface area contributed by atoms with Crippen LogP contribution in [0.4, 0.5) is 0 Å². The number of aromatic nitrogens is 1. The summed E-state index contributed by atoms with van der Waals surface area (Å²) in [4.78, 5) is 15.8. The van der Waals surface area contributed by atoms with Crippen molar-refractivity contribution in [2.45, 2.75) is 19.4 Å². The number of carbonyl (C=O) groups excluding carboxylic acids is 1. The van der Waals surface area contributed by atoms with Crippen LogP contribution in [0.2, 0.25) is 0 Å². The molecule has 18 heavy (non-hydrogen) atoms. The van der Waals surface area contributed by atoms with Crippen LogP contribution in [0.3, 0.4) is 0 Å². The maximum absolute atomic E-state index is 11.5. The minimum absolute atomic E-state index is 0.351. The SMILES string of the molecule is CCOC(=O)[C@@H](N)Cc1ccnc2ccccc12. The van der Waals surface area contributed by atoms with Gasteiger partial charge in [-0.1, -0.05) is 18.2 Å². The van der Waals surface area contributed by atoms with Gasteiger partial charge in [0.25, 0.3) is 0 Å². The van der Waals surface area contributed by atoms with Crippen LogP contribution in [0.5, 0.6) is 0 Å². The predicted octanol–water partition coefficient (Wildman–Crippen LogP) is 1.67. The molecule has 1 atom stereocenters. The lowest BCUT2D eigenvalue weighted by molar-refractivity contribution is -0.144. The fourth-order valence-electron chi connectivity index (χ4n) is 1.90. The average Bonchev–Trinajstić information content (AvgIpc) is 2.39. The first-order valence-corrected chi connectivity index (χ1v) is 5.97. The van der Waals surface area contributed by atoms with Crippen molar-refractivity contribution in [1.82, 2.24) is 4.98 Å². The summed E-state index contributed by atoms with van der Waals surface area (Å²) in [6.45, 7) is 2.12. The second-order valence-corrected chi connectivity index (χ2v) is 4.05. The van der Waals surface area contributed by atoms with Crippen molar-refractivity contribution < 1.29 is 9.53 Å². The second kappa shape index (κ2) is 5.60. The van der Waals surface area contributed by atoms with E-state index in [1.807, 2.05) is 30.3 Å². The summed E-state index contributed by atoms with van der Waals surface area (Å²) in [5.74, 6) is -0.363. The van der Waals surface area contributed by atoms with Crippen molar-refractivity contribution in [2.24, 2.45) is 5.73 Å². The first kappa shape index (κ1) is 12.5. The van der Waals surface area contributed by atoms with Gasteiger partial charge >= 0.3 is 5.97 Å². The van der Waals surface area contributed by atoms with Crippen molar-refractivity contribution in [3.63, 3.8) is 0 Å². The van der Waals surface area contributed by atoms with Gasteiger partial charge in [-0.15, -0.1) is 0 Å². The molecule has 2 rings (SSSR count). The Morgan fingerprint density at radius 2 is 2.17 bits per heavy atom. The number of para-hydroxylation sites is 1. The molecule has 2 aromatic rings. The molecular weight excluding hydrogens is 228 g/mol. The van der Waals surface area contributed by atoms with Crippen LogP contribution in [0.15, 0.2) is 36.5 Å². The largest absolute Gasteiger partial charge is 0.465 e. The van der Waals surface area contributed by atoms with Gasteiger partial charge in [0, 0.05) is 11.6 Å². The van der Waals surface area contributed by atoms with Gasteiger partial charge < -0.3 is 10.5 Å². The smallest absolute Gasteiger partial charge is 0.323 e. The zero-order valence-corrected chi connectivity index (χ0v) is 10.3. The molecule has 0 unspecified atom stereocenters. The molecule has 4 heteroatoms. The van der Waals surface area contributed by atoms with Crippen molar-refractivity contribution in [3.05, 3.63) is 42.1 Å². The summed E-state index contributed by atoms with van der Waals surface area (Å²) < 4.78 is 4.91. The van der Waals surface area contributed by atoms with Gasteiger partial charge in [0.1, 0.15) is 6.04 Å². The van der Waals surface area contributed by atoms with Crippen molar-refractivity contribution in [2.75, 3.05) is 6.61 Å². The maximum Gasteiger partial charge on any atom is 0.323 e. The Labute approximate surface area is 106 Å². The molecule has 0 aliphatic carbocycles. The zero-order chi connectivity index (χ0) is 13.0. The molecule has 1 heterocycles. The molecule has 94 valence electrons. The fourth-order valence-corrected chi connectivity index (χ4v) is 1.90. The fraction of sp³-hybridized carbons (Fsp3) is 0.286. The molecule has 0 radical (unpaired) electrons. The molecule has 1 aromatic heterocycles. The lowest BCUT2D eigenvalue weighted by Crippen LogP contribution is -2.34. The molecule has 4 nitrogen and oxygen atoms in total. The minimum Gasteiger partial charge on any atom is -0.465 e. The highest BCUT2D eigenvalue weighted by molar-refractivity contribution is 5.83. The molecule has 0 aliphatic rings. The van der Waals surface area contributed by atoms with Gasteiger partial charge in [0.05, 0.1) is 12.1 Å². The first-order valence-electron chi connectivity index (χ1n) is 5.97. The van der Waals surface area contributed by atoms with Crippen molar-refractivity contribution in [1.29, 1.82) is 0 Å². The third-order valence-electron chi connectivity index (χ3n) is 2.77. The van der Waals surface area contributed by atoms with E-state index in [0.29, 0.717) is 13.0 Å². The van der Waals surface area contributed by atoms with Gasteiger partial charge in [-0.2, -0.15) is 0 Å². The number of hydrogen-bond donors (Lipinski definition) is 1. The average molecular weight is 244 g/mol. The molecule has 0 aliphatic heterocycles. The van der Waals surface area contributed by atoms with Gasteiger partial charge in [-0.3, -0.25) is 9.78 Å². The van der Waals surface area contributed by atoms with Crippen LogP contribution in [0.1, 0.15) is 12.5 Å². The Morgan fingerprint density at radius 3 is 2.94 bits per heavy atom. The number of rotatable bonds is 4. The normalized spacial score (nSPS) is 12.3. The van der Waals surface area contributed by atoms with Crippen LogP contribution in [0.25, 0.3) is 10.9 Å². The van der Waals surface area contributed by atoms with E-state index in [1.54, 1.807) is 13.1 Å². The summed E-state index contributed by atoms with van der Waals surface area (Å²) in [6.07, 6.45) is 2.19. The molecule has 0 fully saturated rings. The summed E-state index contributed by atoms with van der Waals surface area (Å²) in [6, 6.07) is 9.06. The predicted molar refractivity (Wildman–Crippen MR) is 70.1 cm³/mol. The van der Waals surface area contributed by atoms with E-state index in [0.717, 1.165) is 16.5 Å². The molecular formula is C14H16N2O2. The number of nitrogens with zero attached hydrogens (tertiary/aromatic N) is 1. The highest BCUT2D eigenvalue weighted by Crippen LogP contribution is 2.17. The monoisotopic (exact) mass is 244 g/mol. The summed E-state index contributed by atoms with van der Waals surface area (Å²) in [5.41, 5.74) is 7.75. The summed E-state index contributed by atoms with van der Waals surface area (Å²) in [7, 11) is 0. The summed E-state index contributed by atoms with van der Waals surface area (Å²) in [5, 5.41) is 1.03. The van der Waals surface area contributed by atoms with Crippen LogP contribution in [-0.2, 0) is 16.0 Å². The van der Waals surface area contributed by atoms with Gasteiger partial charge in [0.2, 0.25) is 0 Å².